The molecule has 6 heteroatoms. The standard InChI is InChI=1S/C18H16ClN3OS/c19-14-7-4-13(5-8-14)6-9-17(23)21-11-15-12-24-18(22-15)16-3-1-2-10-20-16/h1-5,7-8,10,12H,6,9,11H2,(H,21,23). The molecule has 3 rings (SSSR count). The van der Waals surface area contributed by atoms with Crippen LogP contribution in [0.4, 0.5) is 0 Å². The Bertz CT molecular complexity index is 803. The van der Waals surface area contributed by atoms with Crippen molar-refractivity contribution in [2.24, 2.45) is 0 Å². The highest BCUT2D eigenvalue weighted by molar-refractivity contribution is 7.13. The normalized spacial score (nSPS) is 10.5. The Morgan fingerprint density at radius 1 is 1.17 bits per heavy atom. The summed E-state index contributed by atoms with van der Waals surface area (Å²) in [6.45, 7) is 0.433. The molecule has 0 saturated carbocycles. The summed E-state index contributed by atoms with van der Waals surface area (Å²) in [5, 5.41) is 6.42. The highest BCUT2D eigenvalue weighted by Gasteiger charge is 2.07. The van der Waals surface area contributed by atoms with Crippen molar-refractivity contribution < 1.29 is 4.79 Å². The molecule has 1 aromatic carbocycles. The molecule has 3 aromatic rings. The minimum atomic E-state index is 0.0114. The number of amides is 1. The summed E-state index contributed by atoms with van der Waals surface area (Å²) < 4.78 is 0. The maximum Gasteiger partial charge on any atom is 0.220 e. The van der Waals surface area contributed by atoms with Gasteiger partial charge in [0.1, 0.15) is 5.01 Å². The summed E-state index contributed by atoms with van der Waals surface area (Å²) >= 11 is 7.38. The first kappa shape index (κ1) is 16.6. The fourth-order valence-electron chi connectivity index (χ4n) is 2.18. The molecule has 0 aliphatic rings. The van der Waals surface area contributed by atoms with Crippen LogP contribution in [0, 0.1) is 0 Å². The topological polar surface area (TPSA) is 54.9 Å². The maximum absolute atomic E-state index is 12.0. The molecule has 0 aliphatic heterocycles. The van der Waals surface area contributed by atoms with Gasteiger partial charge in [0.15, 0.2) is 0 Å². The van der Waals surface area contributed by atoms with Crippen LogP contribution in [0.5, 0.6) is 0 Å². The number of pyridine rings is 1. The van der Waals surface area contributed by atoms with Crippen molar-refractivity contribution in [3.63, 3.8) is 0 Å². The molecule has 1 N–H and O–H groups in total. The smallest absolute Gasteiger partial charge is 0.220 e. The number of thiazole rings is 1. The second kappa shape index (κ2) is 8.04. The van der Waals surface area contributed by atoms with Crippen LogP contribution in [0.1, 0.15) is 17.7 Å². The number of aromatic nitrogens is 2. The Balaban J connectivity index is 1.48. The molecule has 2 aromatic heterocycles. The van der Waals surface area contributed by atoms with E-state index in [4.69, 9.17) is 11.6 Å². The summed E-state index contributed by atoms with van der Waals surface area (Å²) in [6, 6.07) is 13.3. The van der Waals surface area contributed by atoms with E-state index in [1.165, 1.54) is 11.3 Å². The predicted molar refractivity (Wildman–Crippen MR) is 97.0 cm³/mol. The van der Waals surface area contributed by atoms with Crippen LogP contribution >= 0.6 is 22.9 Å². The van der Waals surface area contributed by atoms with E-state index < -0.39 is 0 Å². The lowest BCUT2D eigenvalue weighted by atomic mass is 10.1. The van der Waals surface area contributed by atoms with Gasteiger partial charge >= 0.3 is 0 Å². The minimum absolute atomic E-state index is 0.0114. The molecule has 4 nitrogen and oxygen atoms in total. The molecule has 0 fully saturated rings. The quantitative estimate of drug-likeness (QED) is 0.722. The molecule has 0 atom stereocenters. The molecule has 1 amide bonds. The molecule has 0 spiro atoms. The number of nitrogens with zero attached hydrogens (tertiary/aromatic N) is 2. The van der Waals surface area contributed by atoms with Crippen LogP contribution < -0.4 is 5.32 Å². The van der Waals surface area contributed by atoms with Gasteiger partial charge in [-0.25, -0.2) is 4.98 Å². The molecular formula is C18H16ClN3OS. The van der Waals surface area contributed by atoms with Crippen molar-refractivity contribution in [1.82, 2.24) is 15.3 Å². The van der Waals surface area contributed by atoms with Crippen LogP contribution in [0.15, 0.2) is 54.0 Å². The van der Waals surface area contributed by atoms with Crippen molar-refractivity contribution in [2.75, 3.05) is 0 Å². The Kier molecular flexibility index (Phi) is 5.56. The third-order valence-electron chi connectivity index (χ3n) is 3.46. The molecular weight excluding hydrogens is 342 g/mol. The number of hydrogen-bond donors (Lipinski definition) is 1. The number of carbonyl (C=O) groups excluding carboxylic acids is 1. The van der Waals surface area contributed by atoms with E-state index in [1.54, 1.807) is 6.20 Å². The summed E-state index contributed by atoms with van der Waals surface area (Å²) in [4.78, 5) is 20.7. The van der Waals surface area contributed by atoms with Crippen molar-refractivity contribution >= 4 is 28.8 Å². The van der Waals surface area contributed by atoms with E-state index in [2.05, 4.69) is 15.3 Å². The van der Waals surface area contributed by atoms with Gasteiger partial charge in [-0.2, -0.15) is 0 Å². The first-order valence-electron chi connectivity index (χ1n) is 7.57. The minimum Gasteiger partial charge on any atom is -0.350 e. The summed E-state index contributed by atoms with van der Waals surface area (Å²) in [7, 11) is 0. The van der Waals surface area contributed by atoms with Crippen LogP contribution in [-0.2, 0) is 17.8 Å². The van der Waals surface area contributed by atoms with E-state index >= 15 is 0 Å². The number of aryl methyl sites for hydroxylation is 1. The zero-order chi connectivity index (χ0) is 16.8. The predicted octanol–water partition coefficient (Wildman–Crippen LogP) is 4.11. The van der Waals surface area contributed by atoms with E-state index in [0.29, 0.717) is 24.4 Å². The Labute approximate surface area is 149 Å². The van der Waals surface area contributed by atoms with Gasteiger partial charge in [0.05, 0.1) is 17.9 Å². The van der Waals surface area contributed by atoms with Crippen LogP contribution in [0.3, 0.4) is 0 Å². The molecule has 0 saturated heterocycles. The van der Waals surface area contributed by atoms with E-state index in [9.17, 15) is 4.79 Å². The number of nitrogens with one attached hydrogen (secondary N) is 1. The fraction of sp³-hybridized carbons (Fsp3) is 0.167. The van der Waals surface area contributed by atoms with Crippen LogP contribution in [-0.4, -0.2) is 15.9 Å². The molecule has 2 heterocycles. The largest absolute Gasteiger partial charge is 0.350 e. The van der Waals surface area contributed by atoms with E-state index in [0.717, 1.165) is 22.0 Å². The number of rotatable bonds is 6. The second-order valence-electron chi connectivity index (χ2n) is 5.26. The molecule has 0 unspecified atom stereocenters. The first-order chi connectivity index (χ1) is 11.7. The highest BCUT2D eigenvalue weighted by Crippen LogP contribution is 2.21. The van der Waals surface area contributed by atoms with Crippen molar-refractivity contribution in [3.8, 4) is 10.7 Å². The first-order valence-corrected chi connectivity index (χ1v) is 8.83. The molecule has 0 radical (unpaired) electrons. The van der Waals surface area contributed by atoms with Crippen molar-refractivity contribution in [2.45, 2.75) is 19.4 Å². The summed E-state index contributed by atoms with van der Waals surface area (Å²) in [6.07, 6.45) is 2.88. The lowest BCUT2D eigenvalue weighted by Crippen LogP contribution is -2.23. The van der Waals surface area contributed by atoms with Gasteiger partial charge in [0.25, 0.3) is 0 Å². The van der Waals surface area contributed by atoms with Crippen molar-refractivity contribution in [3.05, 3.63) is 70.3 Å². The average Bonchev–Trinajstić information content (AvgIpc) is 3.09. The summed E-state index contributed by atoms with van der Waals surface area (Å²) in [5.41, 5.74) is 2.80. The maximum atomic E-state index is 12.0. The van der Waals surface area contributed by atoms with Gasteiger partial charge < -0.3 is 5.32 Å². The van der Waals surface area contributed by atoms with Gasteiger partial charge in [0.2, 0.25) is 5.91 Å². The monoisotopic (exact) mass is 357 g/mol. The van der Waals surface area contributed by atoms with Gasteiger partial charge in [-0.15, -0.1) is 11.3 Å². The Morgan fingerprint density at radius 3 is 2.75 bits per heavy atom. The Hall–Kier alpha value is -2.24. The average molecular weight is 358 g/mol. The van der Waals surface area contributed by atoms with Crippen LogP contribution in [0.25, 0.3) is 10.7 Å². The zero-order valence-electron chi connectivity index (χ0n) is 12.9. The molecule has 122 valence electrons. The third kappa shape index (κ3) is 4.63. The number of hydrogen-bond acceptors (Lipinski definition) is 4. The second-order valence-corrected chi connectivity index (χ2v) is 6.56. The van der Waals surface area contributed by atoms with Gasteiger partial charge in [-0.1, -0.05) is 29.8 Å². The van der Waals surface area contributed by atoms with Crippen molar-refractivity contribution in [1.29, 1.82) is 0 Å². The summed E-state index contributed by atoms with van der Waals surface area (Å²) in [5.74, 6) is 0.0114. The fourth-order valence-corrected chi connectivity index (χ4v) is 3.10. The van der Waals surface area contributed by atoms with E-state index in [-0.39, 0.29) is 5.91 Å². The van der Waals surface area contributed by atoms with Gasteiger partial charge in [-0.05, 0) is 36.2 Å². The lowest BCUT2D eigenvalue weighted by Gasteiger charge is -2.04. The zero-order valence-corrected chi connectivity index (χ0v) is 14.5. The SMILES string of the molecule is O=C(CCc1ccc(Cl)cc1)NCc1csc(-c2ccccn2)n1. The van der Waals surface area contributed by atoms with Gasteiger partial charge in [-0.3, -0.25) is 9.78 Å². The number of carbonyl (C=O) groups is 1. The Morgan fingerprint density at radius 2 is 2.00 bits per heavy atom. The third-order valence-corrected chi connectivity index (χ3v) is 4.62. The van der Waals surface area contributed by atoms with Crippen LogP contribution in [0.2, 0.25) is 5.02 Å². The molecule has 0 bridgehead atoms. The number of halogens is 1. The van der Waals surface area contributed by atoms with E-state index in [1.807, 2.05) is 47.8 Å². The van der Waals surface area contributed by atoms with Gasteiger partial charge in [0, 0.05) is 23.0 Å². The number of benzene rings is 1. The lowest BCUT2D eigenvalue weighted by molar-refractivity contribution is -0.121. The molecule has 24 heavy (non-hydrogen) atoms. The molecule has 0 aliphatic carbocycles. The highest BCUT2D eigenvalue weighted by atomic mass is 35.5.